The van der Waals surface area contributed by atoms with E-state index in [0.29, 0.717) is 0 Å². The fraction of sp³-hybridized carbons (Fsp3) is 0.500. The third kappa shape index (κ3) is 1.65. The van der Waals surface area contributed by atoms with Gasteiger partial charge in [-0.3, -0.25) is 0 Å². The zero-order chi connectivity index (χ0) is 5.11. The van der Waals surface area contributed by atoms with Gasteiger partial charge in [0.05, 0.1) is 0 Å². The van der Waals surface area contributed by atoms with Gasteiger partial charge >= 0.3 is 54.9 Å². The van der Waals surface area contributed by atoms with Crippen LogP contribution in [0.4, 0.5) is 0 Å². The Hall–Kier alpha value is 0.240. The van der Waals surface area contributed by atoms with Crippen molar-refractivity contribution in [1.29, 1.82) is 0 Å². The minimum atomic E-state index is 0.905. The summed E-state index contributed by atoms with van der Waals surface area (Å²) in [7, 11) is 0. The third-order valence-corrected chi connectivity index (χ3v) is 1.60. The van der Waals surface area contributed by atoms with Gasteiger partial charge in [-0.15, -0.1) is 0 Å². The summed E-state index contributed by atoms with van der Waals surface area (Å²) in [6.07, 6.45) is 2.10. The van der Waals surface area contributed by atoms with Crippen molar-refractivity contribution in [3.63, 3.8) is 0 Å². The Kier molecular flexibility index (Phi) is 1.94. The molecule has 1 heterocycles. The van der Waals surface area contributed by atoms with Crippen LogP contribution >= 0.6 is 0 Å². The van der Waals surface area contributed by atoms with Crippen molar-refractivity contribution < 1.29 is 21.1 Å². The fourth-order valence-electron chi connectivity index (χ4n) is 0.438. The van der Waals surface area contributed by atoms with Crippen LogP contribution < -0.4 is 10.6 Å². The first-order valence-electron chi connectivity index (χ1n) is 2.16. The van der Waals surface area contributed by atoms with Crippen molar-refractivity contribution in [2.24, 2.45) is 0 Å². The zero-order valence-electron chi connectivity index (χ0n) is 3.79. The summed E-state index contributed by atoms with van der Waals surface area (Å²) in [5.74, 6) is 0. The molecule has 0 aromatic heterocycles. The van der Waals surface area contributed by atoms with Crippen molar-refractivity contribution in [1.82, 2.24) is 10.6 Å². The van der Waals surface area contributed by atoms with Crippen LogP contribution in [0.5, 0.6) is 0 Å². The average Bonchev–Trinajstić information content (AvgIpc) is 1.69. The predicted molar refractivity (Wildman–Crippen MR) is 24.1 cm³/mol. The Morgan fingerprint density at radius 1 is 1.71 bits per heavy atom. The van der Waals surface area contributed by atoms with Crippen molar-refractivity contribution >= 4 is 0 Å². The third-order valence-electron chi connectivity index (χ3n) is 0.779. The molecule has 44 valence electrons. The Bertz CT molecular complexity index is 89.7. The Labute approximate surface area is 55.3 Å². The second-order valence-electron chi connectivity index (χ2n) is 1.32. The molecule has 0 aromatic carbocycles. The summed E-state index contributed by atoms with van der Waals surface area (Å²) in [5.41, 5.74) is 0. The Balaban J connectivity index is 2.40. The number of nitrogens with one attached hydrogen (secondary N) is 2. The normalized spacial score (nSPS) is 20.6. The van der Waals surface area contributed by atoms with Gasteiger partial charge in [-0.05, 0) is 0 Å². The van der Waals surface area contributed by atoms with Crippen molar-refractivity contribution in [3.8, 4) is 0 Å². The van der Waals surface area contributed by atoms with Gasteiger partial charge in [-0.2, -0.15) is 0 Å². The molecule has 0 unspecified atom stereocenters. The van der Waals surface area contributed by atoms with E-state index in [1.54, 1.807) is 0 Å². The van der Waals surface area contributed by atoms with E-state index in [1.807, 2.05) is 0 Å². The van der Waals surface area contributed by atoms with E-state index < -0.39 is 0 Å². The second-order valence-corrected chi connectivity index (χ2v) is 2.49. The molecule has 0 fully saturated rings. The number of hydrogen-bond donors (Lipinski definition) is 2. The summed E-state index contributed by atoms with van der Waals surface area (Å²) in [4.78, 5) is 0. The summed E-state index contributed by atoms with van der Waals surface area (Å²) >= 11 is 2.43. The first-order chi connectivity index (χ1) is 3.39. The topological polar surface area (TPSA) is 24.1 Å². The van der Waals surface area contributed by atoms with Crippen LogP contribution in [-0.4, -0.2) is 13.2 Å². The number of hydrogen-bond acceptors (Lipinski definition) is 2. The molecule has 0 spiro atoms. The molecule has 1 aliphatic rings. The van der Waals surface area contributed by atoms with E-state index in [9.17, 15) is 0 Å². The van der Waals surface area contributed by atoms with Crippen LogP contribution in [-0.2, 0) is 21.1 Å². The molecule has 0 aliphatic carbocycles. The molecule has 1 aliphatic heterocycles. The molecule has 2 N–H and O–H groups in total. The average molecular weight is 280 g/mol. The predicted octanol–water partition coefficient (Wildman–Crippen LogP) is -0.475. The molecule has 0 saturated carbocycles. The van der Waals surface area contributed by atoms with Gasteiger partial charge in [0, 0.05) is 0 Å². The SMILES string of the molecule is [Au][C]1=CCNCN1. The molecular formula is C4H7AuN2. The van der Waals surface area contributed by atoms with E-state index in [4.69, 9.17) is 0 Å². The van der Waals surface area contributed by atoms with E-state index in [-0.39, 0.29) is 0 Å². The van der Waals surface area contributed by atoms with Gasteiger partial charge in [0.25, 0.3) is 0 Å². The molecule has 0 radical (unpaired) electrons. The van der Waals surface area contributed by atoms with Crippen molar-refractivity contribution in [3.05, 3.63) is 9.99 Å². The molecule has 0 amide bonds. The summed E-state index contributed by atoms with van der Waals surface area (Å²) < 4.78 is 1.22. The van der Waals surface area contributed by atoms with Crippen LogP contribution in [0.2, 0.25) is 0 Å². The van der Waals surface area contributed by atoms with Crippen LogP contribution in [0.3, 0.4) is 0 Å². The molecule has 0 bridgehead atoms. The maximum atomic E-state index is 3.12. The summed E-state index contributed by atoms with van der Waals surface area (Å²) in [6, 6.07) is 0. The molecule has 0 saturated heterocycles. The quantitative estimate of drug-likeness (QED) is 0.586. The summed E-state index contributed by atoms with van der Waals surface area (Å²) in [6.45, 7) is 1.90. The van der Waals surface area contributed by atoms with Gasteiger partial charge in [-0.1, -0.05) is 0 Å². The minimum absolute atomic E-state index is 0.905. The summed E-state index contributed by atoms with van der Waals surface area (Å²) in [5, 5.41) is 6.23. The fourth-order valence-corrected chi connectivity index (χ4v) is 0.851. The van der Waals surface area contributed by atoms with Crippen LogP contribution in [0.15, 0.2) is 9.99 Å². The standard InChI is InChI=1S/C4H7N2.Au/c1-2-5-4-6-3-1;/h1,5-6H,2,4H2;. The molecule has 0 aromatic rings. The zero-order valence-corrected chi connectivity index (χ0v) is 5.96. The molecule has 7 heavy (non-hydrogen) atoms. The van der Waals surface area contributed by atoms with Crippen molar-refractivity contribution in [2.45, 2.75) is 0 Å². The maximum absolute atomic E-state index is 3.12. The second kappa shape index (κ2) is 2.52. The van der Waals surface area contributed by atoms with Crippen LogP contribution in [0.1, 0.15) is 0 Å². The Morgan fingerprint density at radius 2 is 2.57 bits per heavy atom. The molecule has 2 nitrogen and oxygen atoms in total. The number of rotatable bonds is 0. The van der Waals surface area contributed by atoms with Gasteiger partial charge in [-0.25, -0.2) is 0 Å². The first kappa shape index (κ1) is 5.38. The first-order valence-corrected chi connectivity index (χ1v) is 3.24. The molecular weight excluding hydrogens is 273 g/mol. The van der Waals surface area contributed by atoms with Crippen molar-refractivity contribution in [2.75, 3.05) is 13.2 Å². The molecule has 1 rings (SSSR count). The Morgan fingerprint density at radius 3 is 2.86 bits per heavy atom. The molecule has 3 heteroatoms. The van der Waals surface area contributed by atoms with Gasteiger partial charge in [0.1, 0.15) is 0 Å². The van der Waals surface area contributed by atoms with E-state index in [2.05, 4.69) is 37.8 Å². The molecule has 0 atom stereocenters. The van der Waals surface area contributed by atoms with Gasteiger partial charge in [0.2, 0.25) is 0 Å². The van der Waals surface area contributed by atoms with Crippen LogP contribution in [0.25, 0.3) is 0 Å². The van der Waals surface area contributed by atoms with Gasteiger partial charge < -0.3 is 0 Å². The monoisotopic (exact) mass is 280 g/mol. The van der Waals surface area contributed by atoms with E-state index in [0.717, 1.165) is 13.2 Å². The van der Waals surface area contributed by atoms with E-state index in [1.165, 1.54) is 3.91 Å². The van der Waals surface area contributed by atoms with Gasteiger partial charge in [0.15, 0.2) is 0 Å². The van der Waals surface area contributed by atoms with Crippen LogP contribution in [0, 0.1) is 0 Å². The van der Waals surface area contributed by atoms with E-state index >= 15 is 0 Å².